The van der Waals surface area contributed by atoms with Crippen molar-refractivity contribution in [2.24, 2.45) is 0 Å². The third-order valence-corrected chi connectivity index (χ3v) is 2.71. The summed E-state index contributed by atoms with van der Waals surface area (Å²) in [5, 5.41) is 0. The van der Waals surface area contributed by atoms with Crippen molar-refractivity contribution in [3.63, 3.8) is 0 Å². The zero-order valence-electron chi connectivity index (χ0n) is 11.0. The predicted molar refractivity (Wildman–Crippen MR) is 74.6 cm³/mol. The Balaban J connectivity index is 2.53. The molecule has 18 heavy (non-hydrogen) atoms. The highest BCUT2D eigenvalue weighted by Crippen LogP contribution is 2.33. The SMILES string of the molecule is Cc1ccnc(-c2ccccc2OC(C)C)c1N. The quantitative estimate of drug-likeness (QED) is 0.897. The number of para-hydroxylation sites is 1. The highest BCUT2D eigenvalue weighted by atomic mass is 16.5. The lowest BCUT2D eigenvalue weighted by atomic mass is 10.1. The minimum atomic E-state index is 0.122. The fraction of sp³-hybridized carbons (Fsp3) is 0.267. The highest BCUT2D eigenvalue weighted by molar-refractivity contribution is 5.78. The van der Waals surface area contributed by atoms with Gasteiger partial charge in [0.2, 0.25) is 0 Å². The third kappa shape index (κ3) is 2.45. The number of aryl methyl sites for hydroxylation is 1. The summed E-state index contributed by atoms with van der Waals surface area (Å²) in [5.74, 6) is 0.817. The zero-order chi connectivity index (χ0) is 13.1. The first-order chi connectivity index (χ1) is 8.59. The Morgan fingerprint density at radius 1 is 1.17 bits per heavy atom. The Bertz CT molecular complexity index is 550. The first-order valence-corrected chi connectivity index (χ1v) is 6.06. The number of pyridine rings is 1. The normalized spacial score (nSPS) is 10.7. The number of hydrogen-bond donors (Lipinski definition) is 1. The summed E-state index contributed by atoms with van der Waals surface area (Å²) >= 11 is 0. The molecular formula is C15H18N2O. The third-order valence-electron chi connectivity index (χ3n) is 2.71. The van der Waals surface area contributed by atoms with Gasteiger partial charge in [-0.15, -0.1) is 0 Å². The Kier molecular flexibility index (Phi) is 3.51. The molecular weight excluding hydrogens is 224 g/mol. The van der Waals surface area contributed by atoms with Gasteiger partial charge in [-0.2, -0.15) is 0 Å². The summed E-state index contributed by atoms with van der Waals surface area (Å²) in [4.78, 5) is 4.37. The molecule has 0 bridgehead atoms. The first kappa shape index (κ1) is 12.4. The first-order valence-electron chi connectivity index (χ1n) is 6.06. The molecule has 0 saturated heterocycles. The molecule has 0 amide bonds. The van der Waals surface area contributed by atoms with Gasteiger partial charge in [-0.25, -0.2) is 0 Å². The Morgan fingerprint density at radius 2 is 1.89 bits per heavy atom. The maximum Gasteiger partial charge on any atom is 0.129 e. The van der Waals surface area contributed by atoms with Crippen molar-refractivity contribution in [3.8, 4) is 17.0 Å². The molecule has 94 valence electrons. The van der Waals surface area contributed by atoms with E-state index in [1.54, 1.807) is 6.20 Å². The molecule has 3 nitrogen and oxygen atoms in total. The number of nitrogens with two attached hydrogens (primary N) is 1. The van der Waals surface area contributed by atoms with Crippen molar-refractivity contribution in [3.05, 3.63) is 42.1 Å². The Hall–Kier alpha value is -2.03. The summed E-state index contributed by atoms with van der Waals surface area (Å²) in [6.07, 6.45) is 1.89. The number of ether oxygens (including phenoxy) is 1. The number of benzene rings is 1. The molecule has 1 aromatic heterocycles. The lowest BCUT2D eigenvalue weighted by Gasteiger charge is -2.15. The summed E-state index contributed by atoms with van der Waals surface area (Å²) in [6.45, 7) is 5.99. The van der Waals surface area contributed by atoms with Crippen LogP contribution in [0.15, 0.2) is 36.5 Å². The molecule has 1 aromatic carbocycles. The van der Waals surface area contributed by atoms with Crippen LogP contribution in [-0.2, 0) is 0 Å². The second-order valence-corrected chi connectivity index (χ2v) is 4.55. The van der Waals surface area contributed by atoms with E-state index in [0.29, 0.717) is 5.69 Å². The van der Waals surface area contributed by atoms with E-state index in [4.69, 9.17) is 10.5 Å². The summed E-state index contributed by atoms with van der Waals surface area (Å²) < 4.78 is 5.80. The summed E-state index contributed by atoms with van der Waals surface area (Å²) in [7, 11) is 0. The average Bonchev–Trinajstić information content (AvgIpc) is 2.33. The van der Waals surface area contributed by atoms with E-state index < -0.39 is 0 Å². The molecule has 0 radical (unpaired) electrons. The number of rotatable bonds is 3. The molecule has 1 heterocycles. The predicted octanol–water partition coefficient (Wildman–Crippen LogP) is 3.43. The maximum atomic E-state index is 6.10. The van der Waals surface area contributed by atoms with E-state index >= 15 is 0 Å². The van der Waals surface area contributed by atoms with Crippen LogP contribution in [0.5, 0.6) is 5.75 Å². The van der Waals surface area contributed by atoms with Gasteiger partial charge >= 0.3 is 0 Å². The topological polar surface area (TPSA) is 48.1 Å². The van der Waals surface area contributed by atoms with Gasteiger partial charge in [0.05, 0.1) is 17.5 Å². The number of anilines is 1. The smallest absolute Gasteiger partial charge is 0.129 e. The highest BCUT2D eigenvalue weighted by Gasteiger charge is 2.12. The van der Waals surface area contributed by atoms with Gasteiger partial charge in [0.1, 0.15) is 5.75 Å². The van der Waals surface area contributed by atoms with E-state index in [1.807, 2.05) is 51.1 Å². The number of hydrogen-bond acceptors (Lipinski definition) is 3. The van der Waals surface area contributed by atoms with E-state index in [9.17, 15) is 0 Å². The van der Waals surface area contributed by atoms with Gasteiger partial charge < -0.3 is 10.5 Å². The molecule has 0 spiro atoms. The maximum absolute atomic E-state index is 6.10. The van der Waals surface area contributed by atoms with Crippen LogP contribution in [0.3, 0.4) is 0 Å². The van der Waals surface area contributed by atoms with Gasteiger partial charge in [0, 0.05) is 11.8 Å². The number of aromatic nitrogens is 1. The fourth-order valence-corrected chi connectivity index (χ4v) is 1.80. The number of nitrogen functional groups attached to an aromatic ring is 1. The second-order valence-electron chi connectivity index (χ2n) is 4.55. The minimum Gasteiger partial charge on any atom is -0.490 e. The van der Waals surface area contributed by atoms with Crippen LogP contribution < -0.4 is 10.5 Å². The average molecular weight is 242 g/mol. The van der Waals surface area contributed by atoms with E-state index in [0.717, 1.165) is 22.6 Å². The van der Waals surface area contributed by atoms with Crippen molar-refractivity contribution in [1.29, 1.82) is 0 Å². The molecule has 3 heteroatoms. The molecule has 2 N–H and O–H groups in total. The van der Waals surface area contributed by atoms with Crippen molar-refractivity contribution in [1.82, 2.24) is 4.98 Å². The minimum absolute atomic E-state index is 0.122. The van der Waals surface area contributed by atoms with Crippen molar-refractivity contribution >= 4 is 5.69 Å². The molecule has 0 aliphatic carbocycles. The molecule has 0 fully saturated rings. The number of nitrogens with zero attached hydrogens (tertiary/aromatic N) is 1. The van der Waals surface area contributed by atoms with Crippen LogP contribution in [0.2, 0.25) is 0 Å². The summed E-state index contributed by atoms with van der Waals surface area (Å²) in [5.41, 5.74) is 9.55. The monoisotopic (exact) mass is 242 g/mol. The standard InChI is InChI=1S/C15H18N2O/c1-10(2)18-13-7-5-4-6-12(13)15-14(16)11(3)8-9-17-15/h4-10H,16H2,1-3H3. The van der Waals surface area contributed by atoms with Gasteiger partial charge in [-0.3, -0.25) is 4.98 Å². The second kappa shape index (κ2) is 5.08. The lowest BCUT2D eigenvalue weighted by Crippen LogP contribution is -2.07. The molecule has 2 rings (SSSR count). The van der Waals surface area contributed by atoms with Crippen LogP contribution in [-0.4, -0.2) is 11.1 Å². The molecule has 0 atom stereocenters. The van der Waals surface area contributed by atoms with Crippen LogP contribution in [0.4, 0.5) is 5.69 Å². The van der Waals surface area contributed by atoms with Crippen LogP contribution in [0.1, 0.15) is 19.4 Å². The molecule has 0 saturated carbocycles. The van der Waals surface area contributed by atoms with Crippen LogP contribution in [0.25, 0.3) is 11.3 Å². The van der Waals surface area contributed by atoms with Crippen LogP contribution >= 0.6 is 0 Å². The molecule has 0 unspecified atom stereocenters. The van der Waals surface area contributed by atoms with Crippen molar-refractivity contribution in [2.75, 3.05) is 5.73 Å². The fourth-order valence-electron chi connectivity index (χ4n) is 1.80. The van der Waals surface area contributed by atoms with Gasteiger partial charge in [0.25, 0.3) is 0 Å². The van der Waals surface area contributed by atoms with Gasteiger partial charge in [-0.1, -0.05) is 12.1 Å². The van der Waals surface area contributed by atoms with Crippen molar-refractivity contribution < 1.29 is 4.74 Å². The molecule has 0 aliphatic heterocycles. The van der Waals surface area contributed by atoms with Gasteiger partial charge in [-0.05, 0) is 44.5 Å². The van der Waals surface area contributed by atoms with E-state index in [2.05, 4.69) is 4.98 Å². The molecule has 2 aromatic rings. The summed E-state index contributed by atoms with van der Waals surface area (Å²) in [6, 6.07) is 9.75. The zero-order valence-corrected chi connectivity index (χ0v) is 11.0. The van der Waals surface area contributed by atoms with Crippen LogP contribution in [0, 0.1) is 6.92 Å². The lowest BCUT2D eigenvalue weighted by molar-refractivity contribution is 0.243. The van der Waals surface area contributed by atoms with Gasteiger partial charge in [0.15, 0.2) is 0 Å². The van der Waals surface area contributed by atoms with Crippen molar-refractivity contribution in [2.45, 2.75) is 26.9 Å². The molecule has 0 aliphatic rings. The van der Waals surface area contributed by atoms with E-state index in [1.165, 1.54) is 0 Å². The van der Waals surface area contributed by atoms with E-state index in [-0.39, 0.29) is 6.10 Å². The Morgan fingerprint density at radius 3 is 2.61 bits per heavy atom. The largest absolute Gasteiger partial charge is 0.490 e. The Labute approximate surface area is 108 Å².